The molecule has 2 aromatic carbocycles. The molecule has 1 heterocycles. The van der Waals surface area contributed by atoms with E-state index in [1.54, 1.807) is 0 Å². The van der Waals surface area contributed by atoms with Gasteiger partial charge in [-0.3, -0.25) is 4.79 Å². The Bertz CT molecular complexity index is 724. The second-order valence-electron chi connectivity index (χ2n) is 6.96. The normalized spacial score (nSPS) is 14.8. The zero-order valence-electron chi connectivity index (χ0n) is 15.5. The van der Waals surface area contributed by atoms with Crippen molar-refractivity contribution in [3.8, 4) is 5.75 Å². The number of amides is 1. The minimum atomic E-state index is -0.0389. The average molecular weight is 352 g/mol. The molecule has 1 saturated heterocycles. The second kappa shape index (κ2) is 9.39. The molecule has 0 bridgehead atoms. The van der Waals surface area contributed by atoms with Gasteiger partial charge in [-0.05, 0) is 56.6 Å². The lowest BCUT2D eigenvalue weighted by Gasteiger charge is -2.26. The van der Waals surface area contributed by atoms with Gasteiger partial charge in [-0.15, -0.1) is 0 Å². The highest BCUT2D eigenvalue weighted by atomic mass is 16.5. The third kappa shape index (κ3) is 5.60. The molecule has 1 amide bonds. The highest BCUT2D eigenvalue weighted by Crippen LogP contribution is 2.16. The molecule has 1 N–H and O–H groups in total. The van der Waals surface area contributed by atoms with E-state index < -0.39 is 0 Å². The average Bonchev–Trinajstić information content (AvgIpc) is 2.67. The third-order valence-electron chi connectivity index (χ3n) is 4.75. The third-order valence-corrected chi connectivity index (χ3v) is 4.75. The van der Waals surface area contributed by atoms with Crippen molar-refractivity contribution in [3.63, 3.8) is 0 Å². The Labute approximate surface area is 156 Å². The number of rotatable bonds is 7. The van der Waals surface area contributed by atoms with Crippen LogP contribution in [0.4, 0.5) is 0 Å². The Morgan fingerprint density at radius 1 is 1.08 bits per heavy atom. The van der Waals surface area contributed by atoms with E-state index in [2.05, 4.69) is 29.3 Å². The molecule has 4 heteroatoms. The monoisotopic (exact) mass is 352 g/mol. The first-order valence-electron chi connectivity index (χ1n) is 9.50. The number of likely N-dealkylation sites (tertiary alicyclic amines) is 1. The van der Waals surface area contributed by atoms with E-state index in [0.29, 0.717) is 18.7 Å². The zero-order chi connectivity index (χ0) is 18.2. The maximum absolute atomic E-state index is 12.4. The van der Waals surface area contributed by atoms with E-state index in [0.717, 1.165) is 30.9 Å². The van der Waals surface area contributed by atoms with Crippen LogP contribution in [0.2, 0.25) is 0 Å². The van der Waals surface area contributed by atoms with Crippen molar-refractivity contribution in [2.24, 2.45) is 0 Å². The summed E-state index contributed by atoms with van der Waals surface area (Å²) in [5.41, 5.74) is 2.99. The molecule has 0 saturated carbocycles. The molecular weight excluding hydrogens is 324 g/mol. The van der Waals surface area contributed by atoms with Crippen LogP contribution in [-0.4, -0.2) is 37.0 Å². The Morgan fingerprint density at radius 2 is 1.88 bits per heavy atom. The van der Waals surface area contributed by atoms with Crippen LogP contribution in [0.25, 0.3) is 0 Å². The molecule has 138 valence electrons. The molecule has 2 aromatic rings. The molecule has 3 rings (SSSR count). The van der Waals surface area contributed by atoms with Gasteiger partial charge in [0.2, 0.25) is 0 Å². The second-order valence-corrected chi connectivity index (χ2v) is 6.96. The van der Waals surface area contributed by atoms with Crippen LogP contribution in [0.15, 0.2) is 48.5 Å². The van der Waals surface area contributed by atoms with Crippen LogP contribution in [0.3, 0.4) is 0 Å². The lowest BCUT2D eigenvalue weighted by molar-refractivity contribution is 0.0946. The summed E-state index contributed by atoms with van der Waals surface area (Å²) >= 11 is 0. The maximum atomic E-state index is 12.4. The lowest BCUT2D eigenvalue weighted by Crippen LogP contribution is -2.37. The Hall–Kier alpha value is -2.33. The van der Waals surface area contributed by atoms with Gasteiger partial charge in [-0.2, -0.15) is 0 Å². The molecule has 1 aliphatic heterocycles. The van der Waals surface area contributed by atoms with E-state index in [9.17, 15) is 4.79 Å². The van der Waals surface area contributed by atoms with Gasteiger partial charge in [0.05, 0.1) is 0 Å². The number of hydrogen-bond donors (Lipinski definition) is 1. The van der Waals surface area contributed by atoms with Crippen molar-refractivity contribution in [1.29, 1.82) is 0 Å². The first-order chi connectivity index (χ1) is 12.7. The Kier molecular flexibility index (Phi) is 6.67. The number of benzene rings is 2. The standard InChI is InChI=1S/C22H28N2O2/c1-18-7-5-8-19(15-18)17-26-21-10-6-9-20(16-21)22(25)23-11-14-24-12-3-2-4-13-24/h5-10,15-16H,2-4,11-14,17H2,1H3,(H,23,25). The molecule has 0 unspecified atom stereocenters. The molecule has 0 aromatic heterocycles. The summed E-state index contributed by atoms with van der Waals surface area (Å²) in [5, 5.41) is 3.02. The first kappa shape index (κ1) is 18.5. The molecule has 0 spiro atoms. The summed E-state index contributed by atoms with van der Waals surface area (Å²) in [7, 11) is 0. The van der Waals surface area contributed by atoms with Crippen LogP contribution < -0.4 is 10.1 Å². The first-order valence-corrected chi connectivity index (χ1v) is 9.50. The van der Waals surface area contributed by atoms with Gasteiger partial charge in [0.1, 0.15) is 12.4 Å². The molecule has 26 heavy (non-hydrogen) atoms. The highest BCUT2D eigenvalue weighted by molar-refractivity contribution is 5.94. The predicted molar refractivity (Wildman–Crippen MR) is 105 cm³/mol. The van der Waals surface area contributed by atoms with Gasteiger partial charge >= 0.3 is 0 Å². The van der Waals surface area contributed by atoms with Crippen LogP contribution in [0.5, 0.6) is 5.75 Å². The fourth-order valence-electron chi connectivity index (χ4n) is 3.31. The number of hydrogen-bond acceptors (Lipinski definition) is 3. The zero-order valence-corrected chi connectivity index (χ0v) is 15.5. The topological polar surface area (TPSA) is 41.6 Å². The fourth-order valence-corrected chi connectivity index (χ4v) is 3.31. The Balaban J connectivity index is 1.48. The van der Waals surface area contributed by atoms with E-state index in [1.807, 2.05) is 36.4 Å². The predicted octanol–water partition coefficient (Wildman–Crippen LogP) is 3.79. The SMILES string of the molecule is Cc1cccc(COc2cccc(C(=O)NCCN3CCCCC3)c2)c1. The largest absolute Gasteiger partial charge is 0.489 e. The van der Waals surface area contributed by atoms with Crippen molar-refractivity contribution in [1.82, 2.24) is 10.2 Å². The van der Waals surface area contributed by atoms with Crippen molar-refractivity contribution in [3.05, 3.63) is 65.2 Å². The smallest absolute Gasteiger partial charge is 0.251 e. The maximum Gasteiger partial charge on any atom is 0.251 e. The minimum Gasteiger partial charge on any atom is -0.489 e. The van der Waals surface area contributed by atoms with Gasteiger partial charge < -0.3 is 15.0 Å². The van der Waals surface area contributed by atoms with Gasteiger partial charge in [-0.25, -0.2) is 0 Å². The highest BCUT2D eigenvalue weighted by Gasteiger charge is 2.11. The number of aryl methyl sites for hydroxylation is 1. The van der Waals surface area contributed by atoms with Gasteiger partial charge in [-0.1, -0.05) is 42.3 Å². The molecule has 0 aliphatic carbocycles. The molecule has 1 fully saturated rings. The minimum absolute atomic E-state index is 0.0389. The summed E-state index contributed by atoms with van der Waals surface area (Å²) in [6.07, 6.45) is 3.88. The summed E-state index contributed by atoms with van der Waals surface area (Å²) in [6.45, 7) is 6.48. The van der Waals surface area contributed by atoms with Crippen LogP contribution >= 0.6 is 0 Å². The van der Waals surface area contributed by atoms with Gasteiger partial charge in [0.15, 0.2) is 0 Å². The number of nitrogens with one attached hydrogen (secondary N) is 1. The van der Waals surface area contributed by atoms with E-state index >= 15 is 0 Å². The van der Waals surface area contributed by atoms with Crippen LogP contribution in [0, 0.1) is 6.92 Å². The number of nitrogens with zero attached hydrogens (tertiary/aromatic N) is 1. The fraction of sp³-hybridized carbons (Fsp3) is 0.409. The van der Waals surface area contributed by atoms with Crippen molar-refractivity contribution < 1.29 is 9.53 Å². The Morgan fingerprint density at radius 3 is 2.69 bits per heavy atom. The summed E-state index contributed by atoms with van der Waals surface area (Å²) in [5.74, 6) is 0.679. The summed E-state index contributed by atoms with van der Waals surface area (Å²) < 4.78 is 5.85. The van der Waals surface area contributed by atoms with Crippen LogP contribution in [-0.2, 0) is 6.61 Å². The van der Waals surface area contributed by atoms with E-state index in [-0.39, 0.29) is 5.91 Å². The van der Waals surface area contributed by atoms with Crippen molar-refractivity contribution in [2.75, 3.05) is 26.2 Å². The lowest BCUT2D eigenvalue weighted by atomic mass is 10.1. The van der Waals surface area contributed by atoms with Crippen molar-refractivity contribution in [2.45, 2.75) is 32.8 Å². The molecule has 1 aliphatic rings. The van der Waals surface area contributed by atoms with Gasteiger partial charge in [0, 0.05) is 18.7 Å². The molecule has 0 atom stereocenters. The number of piperidine rings is 1. The molecule has 4 nitrogen and oxygen atoms in total. The number of carbonyl (C=O) groups is 1. The van der Waals surface area contributed by atoms with Crippen LogP contribution in [0.1, 0.15) is 40.7 Å². The quantitative estimate of drug-likeness (QED) is 0.824. The van der Waals surface area contributed by atoms with Gasteiger partial charge in [0.25, 0.3) is 5.91 Å². The summed E-state index contributed by atoms with van der Waals surface area (Å²) in [4.78, 5) is 14.8. The molecule has 0 radical (unpaired) electrons. The number of ether oxygens (including phenoxy) is 1. The molecular formula is C22H28N2O2. The number of carbonyl (C=O) groups excluding carboxylic acids is 1. The van der Waals surface area contributed by atoms with E-state index in [1.165, 1.54) is 24.8 Å². The van der Waals surface area contributed by atoms with Crippen molar-refractivity contribution >= 4 is 5.91 Å². The summed E-state index contributed by atoms with van der Waals surface area (Å²) in [6, 6.07) is 15.6. The van der Waals surface area contributed by atoms with E-state index in [4.69, 9.17) is 4.74 Å².